The molecule has 3 aromatic carbocycles. The van der Waals surface area contributed by atoms with E-state index in [1.165, 1.54) is 6.07 Å². The van der Waals surface area contributed by atoms with Gasteiger partial charge in [0, 0.05) is 18.2 Å². The molecule has 3 rings (SSSR count). The van der Waals surface area contributed by atoms with Crippen molar-refractivity contribution in [3.05, 3.63) is 111 Å². The largest absolute Gasteiger partial charge is 0.372 e. The summed E-state index contributed by atoms with van der Waals surface area (Å²) in [5, 5.41) is 13.9. The van der Waals surface area contributed by atoms with Crippen molar-refractivity contribution in [1.29, 1.82) is 0 Å². The van der Waals surface area contributed by atoms with E-state index in [4.69, 9.17) is 4.74 Å². The van der Waals surface area contributed by atoms with Crippen LogP contribution in [0.25, 0.3) is 0 Å². The van der Waals surface area contributed by atoms with Crippen LogP contribution in [0.15, 0.2) is 78.9 Å². The minimum absolute atomic E-state index is 0.0307. The highest BCUT2D eigenvalue weighted by Gasteiger charge is 2.15. The van der Waals surface area contributed by atoms with Crippen molar-refractivity contribution in [2.45, 2.75) is 26.2 Å². The Hall–Kier alpha value is -3.51. The van der Waals surface area contributed by atoms with Crippen molar-refractivity contribution in [3.8, 4) is 0 Å². The van der Waals surface area contributed by atoms with Crippen LogP contribution >= 0.6 is 0 Å². The molecule has 0 bridgehead atoms. The Kier molecular flexibility index (Phi) is 7.08. The molecule has 0 aliphatic heterocycles. The number of hydrogen-bond acceptors (Lipinski definition) is 4. The van der Waals surface area contributed by atoms with Crippen LogP contribution in [0.1, 0.15) is 22.3 Å². The maximum Gasteiger partial charge on any atom is 0.273 e. The second kappa shape index (κ2) is 10.1. The summed E-state index contributed by atoms with van der Waals surface area (Å²) in [4.78, 5) is 22.8. The normalized spacial score (nSPS) is 10.5. The SMILES string of the molecule is O=C(Cc1ccccc1[N+](=O)[O-])NCc1cccc(COCc2ccccc2)c1. The predicted molar refractivity (Wildman–Crippen MR) is 110 cm³/mol. The van der Waals surface area contributed by atoms with Crippen LogP contribution in [-0.4, -0.2) is 10.8 Å². The second-order valence-electron chi connectivity index (χ2n) is 6.64. The number of nitro benzene ring substituents is 1. The molecule has 0 atom stereocenters. The highest BCUT2D eigenvalue weighted by Crippen LogP contribution is 2.18. The first kappa shape index (κ1) is 20.2. The maximum atomic E-state index is 12.2. The van der Waals surface area contributed by atoms with E-state index in [0.717, 1.165) is 16.7 Å². The van der Waals surface area contributed by atoms with E-state index in [-0.39, 0.29) is 18.0 Å². The summed E-state index contributed by atoms with van der Waals surface area (Å²) in [7, 11) is 0. The lowest BCUT2D eigenvalue weighted by atomic mass is 10.1. The van der Waals surface area contributed by atoms with Crippen LogP contribution in [0.5, 0.6) is 0 Å². The fourth-order valence-electron chi connectivity index (χ4n) is 2.96. The minimum atomic E-state index is -0.471. The molecule has 0 radical (unpaired) electrons. The molecular weight excluding hydrogens is 368 g/mol. The molecule has 0 aliphatic rings. The van der Waals surface area contributed by atoms with E-state index >= 15 is 0 Å². The minimum Gasteiger partial charge on any atom is -0.372 e. The lowest BCUT2D eigenvalue weighted by molar-refractivity contribution is -0.385. The van der Waals surface area contributed by atoms with Crippen LogP contribution in [0, 0.1) is 10.1 Å². The first-order valence-corrected chi connectivity index (χ1v) is 9.30. The van der Waals surface area contributed by atoms with Gasteiger partial charge >= 0.3 is 0 Å². The molecule has 0 spiro atoms. The fourth-order valence-corrected chi connectivity index (χ4v) is 2.96. The molecule has 0 fully saturated rings. The van der Waals surface area contributed by atoms with Crippen molar-refractivity contribution < 1.29 is 14.5 Å². The quantitative estimate of drug-likeness (QED) is 0.439. The number of carbonyl (C=O) groups excluding carboxylic acids is 1. The molecule has 1 amide bonds. The third kappa shape index (κ3) is 6.26. The smallest absolute Gasteiger partial charge is 0.273 e. The number of benzene rings is 3. The summed E-state index contributed by atoms with van der Waals surface area (Å²) in [6.45, 7) is 1.37. The van der Waals surface area contributed by atoms with Gasteiger partial charge in [0.1, 0.15) is 0 Å². The first-order chi connectivity index (χ1) is 14.1. The summed E-state index contributed by atoms with van der Waals surface area (Å²) in [5.74, 6) is -0.259. The van der Waals surface area contributed by atoms with Crippen LogP contribution in [0.4, 0.5) is 5.69 Å². The Labute approximate surface area is 169 Å². The van der Waals surface area contributed by atoms with Crippen molar-refractivity contribution in [2.24, 2.45) is 0 Å². The molecular formula is C23H22N2O4. The first-order valence-electron chi connectivity index (χ1n) is 9.30. The van der Waals surface area contributed by atoms with Gasteiger partial charge in [-0.1, -0.05) is 72.8 Å². The van der Waals surface area contributed by atoms with Crippen molar-refractivity contribution in [3.63, 3.8) is 0 Å². The summed E-state index contributed by atoms with van der Waals surface area (Å²) in [5.41, 5.74) is 3.44. The maximum absolute atomic E-state index is 12.2. The third-order valence-corrected chi connectivity index (χ3v) is 4.40. The highest BCUT2D eigenvalue weighted by molar-refractivity contribution is 5.79. The zero-order valence-corrected chi connectivity index (χ0v) is 15.9. The Morgan fingerprint density at radius 3 is 2.31 bits per heavy atom. The van der Waals surface area contributed by atoms with Crippen LogP contribution in [0.3, 0.4) is 0 Å². The molecule has 6 heteroatoms. The lowest BCUT2D eigenvalue weighted by Crippen LogP contribution is -2.24. The number of nitrogens with one attached hydrogen (secondary N) is 1. The van der Waals surface area contributed by atoms with E-state index in [2.05, 4.69) is 5.32 Å². The summed E-state index contributed by atoms with van der Waals surface area (Å²) in [6, 6.07) is 24.0. The van der Waals surface area contributed by atoms with Gasteiger partial charge in [-0.15, -0.1) is 0 Å². The van der Waals surface area contributed by atoms with Crippen molar-refractivity contribution in [1.82, 2.24) is 5.32 Å². The number of rotatable bonds is 9. The summed E-state index contributed by atoms with van der Waals surface area (Å²) < 4.78 is 5.75. The zero-order chi connectivity index (χ0) is 20.5. The van der Waals surface area contributed by atoms with Crippen molar-refractivity contribution >= 4 is 11.6 Å². The van der Waals surface area contributed by atoms with Crippen LogP contribution in [-0.2, 0) is 35.7 Å². The Morgan fingerprint density at radius 2 is 1.52 bits per heavy atom. The van der Waals surface area contributed by atoms with Gasteiger partial charge in [-0.05, 0) is 16.7 Å². The third-order valence-electron chi connectivity index (χ3n) is 4.40. The molecule has 3 aromatic rings. The summed E-state index contributed by atoms with van der Waals surface area (Å²) in [6.07, 6.45) is -0.0307. The topological polar surface area (TPSA) is 81.5 Å². The number of hydrogen-bond donors (Lipinski definition) is 1. The standard InChI is InChI=1S/C23H22N2O4/c26-23(14-21-11-4-5-12-22(21)25(27)28)24-15-19-9-6-10-20(13-19)17-29-16-18-7-2-1-3-8-18/h1-13H,14-17H2,(H,24,26). The van der Waals surface area contributed by atoms with Crippen molar-refractivity contribution in [2.75, 3.05) is 0 Å². The lowest BCUT2D eigenvalue weighted by Gasteiger charge is -2.09. The van der Waals surface area contributed by atoms with Gasteiger partial charge in [0.2, 0.25) is 5.91 Å². The molecule has 6 nitrogen and oxygen atoms in total. The average molecular weight is 390 g/mol. The van der Waals surface area contributed by atoms with E-state index in [0.29, 0.717) is 25.3 Å². The number of ether oxygens (including phenoxy) is 1. The molecule has 1 N–H and O–H groups in total. The molecule has 148 valence electrons. The monoisotopic (exact) mass is 390 g/mol. The number of carbonyl (C=O) groups is 1. The van der Waals surface area contributed by atoms with Gasteiger partial charge in [0.05, 0.1) is 24.6 Å². The Bertz CT molecular complexity index is 973. The molecule has 0 aliphatic carbocycles. The van der Waals surface area contributed by atoms with E-state index in [1.54, 1.807) is 18.2 Å². The molecule has 29 heavy (non-hydrogen) atoms. The fraction of sp³-hybridized carbons (Fsp3) is 0.174. The number of nitro groups is 1. The van der Waals surface area contributed by atoms with Gasteiger partial charge in [-0.25, -0.2) is 0 Å². The van der Waals surface area contributed by atoms with Gasteiger partial charge in [0.25, 0.3) is 5.69 Å². The molecule has 0 saturated carbocycles. The predicted octanol–water partition coefficient (Wildman–Crippen LogP) is 4.17. The van der Waals surface area contributed by atoms with E-state index < -0.39 is 4.92 Å². The number of amides is 1. The Morgan fingerprint density at radius 1 is 0.862 bits per heavy atom. The van der Waals surface area contributed by atoms with E-state index in [1.807, 2.05) is 54.6 Å². The van der Waals surface area contributed by atoms with Gasteiger partial charge in [-0.3, -0.25) is 14.9 Å². The summed E-state index contributed by atoms with van der Waals surface area (Å²) >= 11 is 0. The second-order valence-corrected chi connectivity index (χ2v) is 6.64. The average Bonchev–Trinajstić information content (AvgIpc) is 2.74. The zero-order valence-electron chi connectivity index (χ0n) is 15.9. The van der Waals surface area contributed by atoms with E-state index in [9.17, 15) is 14.9 Å². The van der Waals surface area contributed by atoms with Gasteiger partial charge < -0.3 is 10.1 Å². The van der Waals surface area contributed by atoms with Gasteiger partial charge in [-0.2, -0.15) is 0 Å². The van der Waals surface area contributed by atoms with Gasteiger partial charge in [0.15, 0.2) is 0 Å². The molecule has 0 heterocycles. The number of para-hydroxylation sites is 1. The van der Waals surface area contributed by atoms with Crippen LogP contribution in [0.2, 0.25) is 0 Å². The molecule has 0 saturated heterocycles. The van der Waals surface area contributed by atoms with Crippen LogP contribution < -0.4 is 5.32 Å². The Balaban J connectivity index is 1.50. The molecule has 0 unspecified atom stereocenters. The molecule has 0 aromatic heterocycles. The number of nitrogens with zero attached hydrogens (tertiary/aromatic N) is 1. The highest BCUT2D eigenvalue weighted by atomic mass is 16.6.